The van der Waals surface area contributed by atoms with Crippen molar-refractivity contribution in [2.75, 3.05) is 0 Å². The third kappa shape index (κ3) is 2.78. The van der Waals surface area contributed by atoms with E-state index in [-0.39, 0.29) is 28.4 Å². The number of aryl methyl sites for hydroxylation is 1. The summed E-state index contributed by atoms with van der Waals surface area (Å²) in [5.41, 5.74) is 9.47. The standard InChI is InChI=1S/C31H35BN2O2/c1-16-33-26-25-27(34-16)36-24-13-20-18(29(4,5)15-31(20,8)9)11-22(24)32(25)21-10-17-19(12-23(21)35-26)30(6,7)14-28(17,2)3/h10-13H,14-15H2,1-9H3. The molecule has 4 aliphatic rings. The van der Waals surface area contributed by atoms with E-state index in [4.69, 9.17) is 19.4 Å². The highest BCUT2D eigenvalue weighted by molar-refractivity contribution is 6.98. The maximum Gasteiger partial charge on any atom is 0.265 e. The van der Waals surface area contributed by atoms with Crippen molar-refractivity contribution in [1.29, 1.82) is 0 Å². The SMILES string of the molecule is Cc1nc2c3c(n1)Oc1cc4c(cc1B3c1cc3c(cc1O2)C(C)(C)CC3(C)C)C(C)(C)CC4(C)C. The third-order valence-electron chi connectivity index (χ3n) is 9.30. The lowest BCUT2D eigenvalue weighted by atomic mass is 9.35. The minimum absolute atomic E-state index is 0.00211. The van der Waals surface area contributed by atoms with Gasteiger partial charge in [0.05, 0.1) is 5.46 Å². The van der Waals surface area contributed by atoms with E-state index in [9.17, 15) is 0 Å². The molecule has 4 nitrogen and oxygen atoms in total. The highest BCUT2D eigenvalue weighted by atomic mass is 16.5. The first kappa shape index (κ1) is 22.4. The number of aromatic nitrogens is 2. The van der Waals surface area contributed by atoms with E-state index < -0.39 is 0 Å². The quantitative estimate of drug-likeness (QED) is 0.279. The minimum atomic E-state index is -0.00211. The molecule has 0 saturated heterocycles. The zero-order chi connectivity index (χ0) is 25.6. The molecule has 3 heterocycles. The van der Waals surface area contributed by atoms with E-state index in [1.165, 1.54) is 33.2 Å². The predicted octanol–water partition coefficient (Wildman–Crippen LogP) is 5.43. The second-order valence-corrected chi connectivity index (χ2v) is 14.2. The molecule has 0 atom stereocenters. The van der Waals surface area contributed by atoms with Crippen LogP contribution < -0.4 is 25.9 Å². The van der Waals surface area contributed by atoms with Crippen LogP contribution in [0.4, 0.5) is 0 Å². The van der Waals surface area contributed by atoms with Crippen molar-refractivity contribution in [3.63, 3.8) is 0 Å². The molecule has 0 amide bonds. The molecule has 0 fully saturated rings. The van der Waals surface area contributed by atoms with Crippen LogP contribution in [0.25, 0.3) is 0 Å². The first-order chi connectivity index (χ1) is 16.7. The normalized spacial score (nSPS) is 22.0. The van der Waals surface area contributed by atoms with Gasteiger partial charge < -0.3 is 9.47 Å². The van der Waals surface area contributed by atoms with Gasteiger partial charge in [0.25, 0.3) is 6.71 Å². The molecule has 1 aromatic heterocycles. The van der Waals surface area contributed by atoms with Crippen LogP contribution in [0.2, 0.25) is 0 Å². The van der Waals surface area contributed by atoms with Crippen LogP contribution in [0.5, 0.6) is 23.3 Å². The highest BCUT2D eigenvalue weighted by Crippen LogP contribution is 2.52. The molecule has 5 heteroatoms. The molecule has 0 radical (unpaired) electrons. The topological polar surface area (TPSA) is 44.2 Å². The fourth-order valence-electron chi connectivity index (χ4n) is 8.27. The Kier molecular flexibility index (Phi) is 3.95. The molecule has 3 aromatic rings. The van der Waals surface area contributed by atoms with Gasteiger partial charge in [-0.05, 0) is 86.7 Å². The molecule has 2 aliphatic carbocycles. The van der Waals surface area contributed by atoms with Crippen molar-refractivity contribution in [2.24, 2.45) is 0 Å². The lowest BCUT2D eigenvalue weighted by Crippen LogP contribution is -2.58. The molecule has 2 aromatic carbocycles. The monoisotopic (exact) mass is 478 g/mol. The van der Waals surface area contributed by atoms with Crippen LogP contribution >= 0.6 is 0 Å². The first-order valence-corrected chi connectivity index (χ1v) is 13.3. The third-order valence-corrected chi connectivity index (χ3v) is 9.30. The van der Waals surface area contributed by atoms with Crippen LogP contribution in [-0.4, -0.2) is 16.7 Å². The average Bonchev–Trinajstić information content (AvgIpc) is 3.04. The Morgan fingerprint density at radius 2 is 0.972 bits per heavy atom. The minimum Gasteiger partial charge on any atom is -0.440 e. The highest BCUT2D eigenvalue weighted by Gasteiger charge is 2.49. The Morgan fingerprint density at radius 3 is 1.36 bits per heavy atom. The fourth-order valence-corrected chi connectivity index (χ4v) is 8.27. The van der Waals surface area contributed by atoms with Crippen LogP contribution in [0.1, 0.15) is 96.3 Å². The Morgan fingerprint density at radius 1 is 0.611 bits per heavy atom. The van der Waals surface area contributed by atoms with E-state index in [0.29, 0.717) is 17.6 Å². The van der Waals surface area contributed by atoms with Crippen LogP contribution in [0.3, 0.4) is 0 Å². The number of hydrogen-bond acceptors (Lipinski definition) is 4. The van der Waals surface area contributed by atoms with Crippen molar-refractivity contribution in [1.82, 2.24) is 9.97 Å². The predicted molar refractivity (Wildman–Crippen MR) is 146 cm³/mol. The molecule has 0 unspecified atom stereocenters. The summed E-state index contributed by atoms with van der Waals surface area (Å²) >= 11 is 0. The maximum atomic E-state index is 6.54. The fraction of sp³-hybridized carbons (Fsp3) is 0.484. The summed E-state index contributed by atoms with van der Waals surface area (Å²) < 4.78 is 13.1. The lowest BCUT2D eigenvalue weighted by Gasteiger charge is -2.34. The molecule has 0 N–H and O–H groups in total. The Hall–Kier alpha value is -2.82. The van der Waals surface area contributed by atoms with E-state index >= 15 is 0 Å². The molecule has 36 heavy (non-hydrogen) atoms. The van der Waals surface area contributed by atoms with Gasteiger partial charge >= 0.3 is 0 Å². The number of benzene rings is 2. The van der Waals surface area contributed by atoms with Crippen LogP contribution in [-0.2, 0) is 21.7 Å². The van der Waals surface area contributed by atoms with Gasteiger partial charge in [-0.15, -0.1) is 0 Å². The van der Waals surface area contributed by atoms with Gasteiger partial charge in [-0.1, -0.05) is 67.5 Å². The van der Waals surface area contributed by atoms with Crippen molar-refractivity contribution in [2.45, 2.75) is 96.8 Å². The Balaban J connectivity index is 1.53. The zero-order valence-corrected chi connectivity index (χ0v) is 23.0. The van der Waals surface area contributed by atoms with Crippen molar-refractivity contribution < 1.29 is 9.47 Å². The van der Waals surface area contributed by atoms with E-state index in [1.807, 2.05) is 6.92 Å². The first-order valence-electron chi connectivity index (χ1n) is 13.3. The smallest absolute Gasteiger partial charge is 0.265 e. The number of nitrogens with zero attached hydrogens (tertiary/aromatic N) is 2. The maximum absolute atomic E-state index is 6.54. The van der Waals surface area contributed by atoms with Gasteiger partial charge in [0.15, 0.2) is 0 Å². The molecule has 0 bridgehead atoms. The molecule has 2 aliphatic heterocycles. The number of hydrogen-bond donors (Lipinski definition) is 0. The molecular weight excluding hydrogens is 443 g/mol. The van der Waals surface area contributed by atoms with Crippen LogP contribution in [0, 0.1) is 6.92 Å². The van der Waals surface area contributed by atoms with Gasteiger partial charge in [0.2, 0.25) is 11.8 Å². The number of rotatable bonds is 0. The van der Waals surface area contributed by atoms with Crippen molar-refractivity contribution in [3.8, 4) is 23.3 Å². The zero-order valence-electron chi connectivity index (χ0n) is 23.0. The summed E-state index contributed by atoms with van der Waals surface area (Å²) in [4.78, 5) is 9.50. The summed E-state index contributed by atoms with van der Waals surface area (Å²) in [6.45, 7) is 20.8. The van der Waals surface area contributed by atoms with Crippen molar-refractivity contribution >= 4 is 23.1 Å². The summed E-state index contributed by atoms with van der Waals surface area (Å²) in [6.07, 6.45) is 2.24. The van der Waals surface area contributed by atoms with E-state index in [0.717, 1.165) is 29.8 Å². The second kappa shape index (κ2) is 6.35. The largest absolute Gasteiger partial charge is 0.440 e. The van der Waals surface area contributed by atoms with E-state index in [1.54, 1.807) is 0 Å². The van der Waals surface area contributed by atoms with Gasteiger partial charge in [0, 0.05) is 0 Å². The number of ether oxygens (including phenoxy) is 2. The second-order valence-electron chi connectivity index (χ2n) is 14.2. The van der Waals surface area contributed by atoms with Gasteiger partial charge in [-0.2, -0.15) is 9.97 Å². The Labute approximate surface area is 214 Å². The molecule has 184 valence electrons. The lowest BCUT2D eigenvalue weighted by molar-refractivity contribution is 0.402. The Bertz CT molecular complexity index is 1410. The molecule has 0 saturated carbocycles. The number of fused-ring (bicyclic) bond motifs is 6. The molecule has 7 rings (SSSR count). The van der Waals surface area contributed by atoms with E-state index in [2.05, 4.69) is 79.7 Å². The van der Waals surface area contributed by atoms with Gasteiger partial charge in [-0.3, -0.25) is 0 Å². The summed E-state index contributed by atoms with van der Waals surface area (Å²) in [6, 6.07) is 9.45. The van der Waals surface area contributed by atoms with Gasteiger partial charge in [-0.25, -0.2) is 0 Å². The van der Waals surface area contributed by atoms with Gasteiger partial charge in [0.1, 0.15) is 17.3 Å². The van der Waals surface area contributed by atoms with Crippen LogP contribution in [0.15, 0.2) is 24.3 Å². The average molecular weight is 478 g/mol. The summed E-state index contributed by atoms with van der Waals surface area (Å²) in [5, 5.41) is 0. The van der Waals surface area contributed by atoms with Crippen molar-refractivity contribution in [3.05, 3.63) is 52.3 Å². The molecular formula is C31H35BN2O2. The summed E-state index contributed by atoms with van der Waals surface area (Å²) in [5.74, 6) is 3.79. The summed E-state index contributed by atoms with van der Waals surface area (Å²) in [7, 11) is 0. The molecule has 0 spiro atoms.